The number of primary amides is 1. The zero-order valence-electron chi connectivity index (χ0n) is 15.2. The van der Waals surface area contributed by atoms with Crippen molar-refractivity contribution in [2.75, 3.05) is 13.7 Å². The van der Waals surface area contributed by atoms with E-state index in [0.29, 0.717) is 24.6 Å². The van der Waals surface area contributed by atoms with E-state index >= 15 is 0 Å². The maximum Gasteiger partial charge on any atom is 0.422 e. The quantitative estimate of drug-likeness (QED) is 0.498. The smallest absolute Gasteiger partial charge is 0.422 e. The van der Waals surface area contributed by atoms with Crippen molar-refractivity contribution < 1.29 is 22.7 Å². The summed E-state index contributed by atoms with van der Waals surface area (Å²) in [5.74, 6) is 0.187. The van der Waals surface area contributed by atoms with E-state index in [-0.39, 0.29) is 5.75 Å². The molecule has 0 unspecified atom stereocenters. The van der Waals surface area contributed by atoms with Gasteiger partial charge in [0, 0.05) is 25.7 Å². The Kier molecular flexibility index (Phi) is 7.25. The number of aliphatic imine (C=N–C) groups is 1. The summed E-state index contributed by atoms with van der Waals surface area (Å²) in [6.07, 6.45) is -4.37. The fourth-order valence-electron chi connectivity index (χ4n) is 2.30. The van der Waals surface area contributed by atoms with Crippen LogP contribution in [0.2, 0.25) is 0 Å². The predicted octanol–water partition coefficient (Wildman–Crippen LogP) is 2.59. The van der Waals surface area contributed by atoms with E-state index in [0.717, 1.165) is 11.1 Å². The number of rotatable bonds is 7. The van der Waals surface area contributed by atoms with Gasteiger partial charge in [-0.3, -0.25) is 9.79 Å². The Morgan fingerprint density at radius 3 is 2.29 bits per heavy atom. The number of halogens is 3. The molecule has 0 saturated carbocycles. The summed E-state index contributed by atoms with van der Waals surface area (Å²) in [6.45, 7) is -0.469. The zero-order valence-corrected chi connectivity index (χ0v) is 15.2. The average Bonchev–Trinajstić information content (AvgIpc) is 2.67. The normalized spacial score (nSPS) is 11.8. The SMILES string of the molecule is CN=C(NCc1ccc(OCC(F)(F)F)cc1)NCc1cccc(C(N)=O)c1. The molecule has 0 saturated heterocycles. The molecule has 0 spiro atoms. The number of nitrogens with two attached hydrogens (primary N) is 1. The van der Waals surface area contributed by atoms with Gasteiger partial charge in [0.1, 0.15) is 5.75 Å². The molecular weight excluding hydrogens is 373 g/mol. The van der Waals surface area contributed by atoms with Crippen molar-refractivity contribution >= 4 is 11.9 Å². The highest BCUT2D eigenvalue weighted by Gasteiger charge is 2.28. The van der Waals surface area contributed by atoms with Crippen LogP contribution in [0.5, 0.6) is 5.75 Å². The zero-order chi connectivity index (χ0) is 20.6. The Bertz CT molecular complexity index is 821. The molecule has 0 aliphatic carbocycles. The van der Waals surface area contributed by atoms with Crippen LogP contribution in [0.4, 0.5) is 13.2 Å². The number of benzene rings is 2. The van der Waals surface area contributed by atoms with Crippen LogP contribution in [0.25, 0.3) is 0 Å². The van der Waals surface area contributed by atoms with Gasteiger partial charge in [-0.1, -0.05) is 24.3 Å². The first kappa shape index (κ1) is 21.1. The predicted molar refractivity (Wildman–Crippen MR) is 100.0 cm³/mol. The molecule has 0 atom stereocenters. The summed E-state index contributed by atoms with van der Waals surface area (Å²) in [5, 5.41) is 6.20. The lowest BCUT2D eigenvalue weighted by Crippen LogP contribution is -2.36. The van der Waals surface area contributed by atoms with Crippen LogP contribution in [0, 0.1) is 0 Å². The van der Waals surface area contributed by atoms with Gasteiger partial charge >= 0.3 is 6.18 Å². The molecular formula is C19H21F3N4O2. The Hall–Kier alpha value is -3.23. The summed E-state index contributed by atoms with van der Waals surface area (Å²) in [4.78, 5) is 15.3. The maximum absolute atomic E-state index is 12.1. The Morgan fingerprint density at radius 2 is 1.71 bits per heavy atom. The number of carbonyl (C=O) groups is 1. The number of carbonyl (C=O) groups excluding carboxylic acids is 1. The first-order valence-electron chi connectivity index (χ1n) is 8.38. The summed E-state index contributed by atoms with van der Waals surface area (Å²) < 4.78 is 41.1. The summed E-state index contributed by atoms with van der Waals surface area (Å²) in [6, 6.07) is 13.2. The molecule has 0 radical (unpaired) electrons. The van der Waals surface area contributed by atoms with Crippen LogP contribution < -0.4 is 21.1 Å². The largest absolute Gasteiger partial charge is 0.484 e. The van der Waals surface area contributed by atoms with Crippen molar-refractivity contribution in [1.29, 1.82) is 0 Å². The first-order valence-corrected chi connectivity index (χ1v) is 8.38. The van der Waals surface area contributed by atoms with Crippen molar-refractivity contribution in [1.82, 2.24) is 10.6 Å². The third-order valence-corrected chi connectivity index (χ3v) is 3.68. The van der Waals surface area contributed by atoms with E-state index in [1.54, 1.807) is 37.4 Å². The van der Waals surface area contributed by atoms with Gasteiger partial charge in [-0.05, 0) is 35.4 Å². The highest BCUT2D eigenvalue weighted by atomic mass is 19.4. The second-order valence-corrected chi connectivity index (χ2v) is 5.89. The van der Waals surface area contributed by atoms with Crippen LogP contribution in [-0.2, 0) is 13.1 Å². The second-order valence-electron chi connectivity index (χ2n) is 5.89. The van der Waals surface area contributed by atoms with Crippen LogP contribution in [0.3, 0.4) is 0 Å². The van der Waals surface area contributed by atoms with Gasteiger partial charge in [-0.25, -0.2) is 0 Å². The maximum atomic E-state index is 12.1. The molecule has 0 aliphatic heterocycles. The number of alkyl halides is 3. The van der Waals surface area contributed by atoms with Crippen LogP contribution >= 0.6 is 0 Å². The highest BCUT2D eigenvalue weighted by Crippen LogP contribution is 2.18. The second kappa shape index (κ2) is 9.63. The van der Waals surface area contributed by atoms with Crippen molar-refractivity contribution in [3.63, 3.8) is 0 Å². The number of hydrogen-bond acceptors (Lipinski definition) is 3. The monoisotopic (exact) mass is 394 g/mol. The number of hydrogen-bond donors (Lipinski definition) is 3. The highest BCUT2D eigenvalue weighted by molar-refractivity contribution is 5.92. The van der Waals surface area contributed by atoms with Gasteiger partial charge in [0.25, 0.3) is 0 Å². The number of ether oxygens (including phenoxy) is 1. The van der Waals surface area contributed by atoms with Gasteiger partial charge in [-0.2, -0.15) is 13.2 Å². The molecule has 28 heavy (non-hydrogen) atoms. The lowest BCUT2D eigenvalue weighted by molar-refractivity contribution is -0.153. The molecule has 6 nitrogen and oxygen atoms in total. The van der Waals surface area contributed by atoms with E-state index in [1.807, 2.05) is 6.07 Å². The molecule has 2 aromatic carbocycles. The topological polar surface area (TPSA) is 88.7 Å². The summed E-state index contributed by atoms with van der Waals surface area (Å²) >= 11 is 0. The van der Waals surface area contributed by atoms with Gasteiger partial charge in [0.05, 0.1) is 0 Å². The van der Waals surface area contributed by atoms with Crippen LogP contribution in [-0.4, -0.2) is 31.7 Å². The average molecular weight is 394 g/mol. The Morgan fingerprint density at radius 1 is 1.07 bits per heavy atom. The third kappa shape index (κ3) is 7.18. The van der Waals surface area contributed by atoms with Crippen LogP contribution in [0.1, 0.15) is 21.5 Å². The summed E-state index contributed by atoms with van der Waals surface area (Å²) in [7, 11) is 1.61. The molecule has 150 valence electrons. The molecule has 0 bridgehead atoms. The van der Waals surface area contributed by atoms with Gasteiger partial charge in [0.15, 0.2) is 12.6 Å². The number of nitrogens with one attached hydrogen (secondary N) is 2. The van der Waals surface area contributed by atoms with Crippen molar-refractivity contribution in [2.45, 2.75) is 19.3 Å². The lowest BCUT2D eigenvalue weighted by Gasteiger charge is -2.13. The van der Waals surface area contributed by atoms with E-state index in [2.05, 4.69) is 20.4 Å². The molecule has 0 heterocycles. The lowest BCUT2D eigenvalue weighted by atomic mass is 10.1. The fraction of sp³-hybridized carbons (Fsp3) is 0.263. The minimum Gasteiger partial charge on any atom is -0.484 e. The molecule has 0 fully saturated rings. The molecule has 4 N–H and O–H groups in total. The van der Waals surface area contributed by atoms with Crippen molar-refractivity contribution in [3.05, 3.63) is 65.2 Å². The van der Waals surface area contributed by atoms with E-state index in [9.17, 15) is 18.0 Å². The summed E-state index contributed by atoms with van der Waals surface area (Å²) in [5.41, 5.74) is 7.41. The minimum atomic E-state index is -4.37. The number of amides is 1. The first-order chi connectivity index (χ1) is 13.3. The Balaban J connectivity index is 1.83. The van der Waals surface area contributed by atoms with E-state index in [4.69, 9.17) is 5.73 Å². The van der Waals surface area contributed by atoms with Crippen molar-refractivity contribution in [2.24, 2.45) is 10.7 Å². The minimum absolute atomic E-state index is 0.151. The Labute approximate surface area is 160 Å². The number of guanidine groups is 1. The van der Waals surface area contributed by atoms with Gasteiger partial charge in [0.2, 0.25) is 5.91 Å². The molecule has 2 aromatic rings. The standard InChI is InChI=1S/C19H21F3N4O2/c1-24-18(26-11-14-3-2-4-15(9-14)17(23)27)25-10-13-5-7-16(8-6-13)28-12-19(20,21)22/h2-9H,10-12H2,1H3,(H2,23,27)(H2,24,25,26). The van der Waals surface area contributed by atoms with E-state index < -0.39 is 18.7 Å². The molecule has 1 amide bonds. The molecule has 0 aliphatic rings. The molecule has 0 aromatic heterocycles. The fourth-order valence-corrected chi connectivity index (χ4v) is 2.30. The van der Waals surface area contributed by atoms with Gasteiger partial charge in [-0.15, -0.1) is 0 Å². The van der Waals surface area contributed by atoms with Gasteiger partial charge < -0.3 is 21.1 Å². The third-order valence-electron chi connectivity index (χ3n) is 3.68. The van der Waals surface area contributed by atoms with Crippen molar-refractivity contribution in [3.8, 4) is 5.75 Å². The number of nitrogens with zero attached hydrogens (tertiary/aromatic N) is 1. The van der Waals surface area contributed by atoms with E-state index in [1.165, 1.54) is 12.1 Å². The molecule has 9 heteroatoms. The molecule has 2 rings (SSSR count). The van der Waals surface area contributed by atoms with Crippen LogP contribution in [0.15, 0.2) is 53.5 Å².